The van der Waals surface area contributed by atoms with E-state index in [9.17, 15) is 4.55 Å². The first-order valence-electron chi connectivity index (χ1n) is 7.09. The van der Waals surface area contributed by atoms with Gasteiger partial charge in [-0.1, -0.05) is 6.07 Å². The van der Waals surface area contributed by atoms with Crippen LogP contribution in [0.1, 0.15) is 16.8 Å². The summed E-state index contributed by atoms with van der Waals surface area (Å²) in [6, 6.07) is 9.54. The Kier molecular flexibility index (Phi) is 4.04. The Morgan fingerprint density at radius 1 is 1.18 bits per heavy atom. The van der Waals surface area contributed by atoms with Gasteiger partial charge >= 0.3 is 5.16 Å². The Balaban J connectivity index is 1.76. The lowest BCUT2D eigenvalue weighted by Crippen LogP contribution is -2.12. The van der Waals surface area contributed by atoms with E-state index >= 15 is 0 Å². The van der Waals surface area contributed by atoms with Crippen molar-refractivity contribution in [2.24, 2.45) is 0 Å². The van der Waals surface area contributed by atoms with Gasteiger partial charge in [0, 0.05) is 23.3 Å². The highest BCUT2D eigenvalue weighted by Gasteiger charge is 2.17. The van der Waals surface area contributed by atoms with Crippen LogP contribution in [0, 0.1) is 13.8 Å². The molecule has 1 atom stereocenters. The van der Waals surface area contributed by atoms with Crippen LogP contribution in [0.5, 0.6) is 0 Å². The molecule has 1 aromatic carbocycles. The smallest absolute Gasteiger partial charge is 0.321 e. The first-order valence-corrected chi connectivity index (χ1v) is 8.41. The number of fused-ring (bicyclic) bond motifs is 1. The second-order valence-corrected chi connectivity index (χ2v) is 6.83. The van der Waals surface area contributed by atoms with Gasteiger partial charge in [-0.2, -0.15) is 4.98 Å². The van der Waals surface area contributed by atoms with E-state index in [4.69, 9.17) is 5.73 Å². The molecule has 2 aromatic heterocycles. The Bertz CT molecular complexity index is 776. The topological polar surface area (TPSA) is 90.7 Å². The van der Waals surface area contributed by atoms with Crippen LogP contribution in [-0.4, -0.2) is 25.3 Å². The number of anilines is 1. The molecule has 3 aromatic rings. The third-order valence-corrected chi connectivity index (χ3v) is 4.86. The maximum atomic E-state index is 12.4. The highest BCUT2D eigenvalue weighted by atomic mass is 32.2. The number of imidazole rings is 1. The number of H-pyrrole nitrogens is 1. The predicted octanol–water partition coefficient (Wildman–Crippen LogP) is 2.51. The summed E-state index contributed by atoms with van der Waals surface area (Å²) in [5.74, 6) is 0.951. The average molecular weight is 314 g/mol. The number of pyridine rings is 1. The van der Waals surface area contributed by atoms with Gasteiger partial charge in [0.2, 0.25) is 0 Å². The fourth-order valence-corrected chi connectivity index (χ4v) is 3.30. The van der Waals surface area contributed by atoms with Crippen molar-refractivity contribution in [1.29, 1.82) is 0 Å². The first-order chi connectivity index (χ1) is 10.5. The lowest BCUT2D eigenvalue weighted by molar-refractivity contribution is 0.587. The fourth-order valence-electron chi connectivity index (χ4n) is 2.29. The molecule has 0 fully saturated rings. The number of nitrogens with two attached hydrogens (primary N) is 1. The molecule has 0 radical (unpaired) electrons. The molecule has 0 amide bonds. The van der Waals surface area contributed by atoms with E-state index in [0.717, 1.165) is 16.7 Å². The minimum atomic E-state index is -1.18. The van der Waals surface area contributed by atoms with Crippen LogP contribution in [-0.2, 0) is 17.6 Å². The number of aromatic nitrogens is 3. The number of nitrogens with zero attached hydrogens (tertiary/aromatic N) is 2. The number of nitrogen functional groups attached to an aromatic ring is 1. The molecule has 2 heterocycles. The molecule has 0 aliphatic carbocycles. The van der Waals surface area contributed by atoms with Crippen LogP contribution in [0.3, 0.4) is 0 Å². The van der Waals surface area contributed by atoms with Gasteiger partial charge < -0.3 is 10.3 Å². The molecule has 114 valence electrons. The molecule has 5 nitrogen and oxygen atoms in total. The molecule has 0 saturated heterocycles. The van der Waals surface area contributed by atoms with Crippen molar-refractivity contribution < 1.29 is 4.55 Å². The van der Waals surface area contributed by atoms with Gasteiger partial charge in [-0.05, 0) is 49.2 Å². The number of benzene rings is 1. The zero-order valence-electron chi connectivity index (χ0n) is 12.6. The average Bonchev–Trinajstić information content (AvgIpc) is 2.88. The number of hydrogen-bond donors (Lipinski definition) is 2. The summed E-state index contributed by atoms with van der Waals surface area (Å²) in [4.78, 5) is 11.8. The van der Waals surface area contributed by atoms with Crippen LogP contribution in [0.25, 0.3) is 11.0 Å². The zero-order valence-corrected chi connectivity index (χ0v) is 13.4. The number of nitrogens with one attached hydrogen (secondary N) is 1. The minimum absolute atomic E-state index is 0.467. The van der Waals surface area contributed by atoms with Gasteiger partial charge in [-0.3, -0.25) is 4.98 Å². The van der Waals surface area contributed by atoms with Crippen molar-refractivity contribution in [3.05, 3.63) is 47.2 Å². The standard InChI is InChI=1S/C16H18N4OS/c1-10-8-13-14(9-11(10)2)20-16(19-13)22(21)7-6-12-4-3-5-15(17)18-12/h3-5,8-9H,6-7H2,1-2H3,(H2,17,18)(H,19,20). The van der Waals surface area contributed by atoms with Crippen LogP contribution in [0.2, 0.25) is 0 Å². The fraction of sp³-hybridized carbons (Fsp3) is 0.250. The lowest BCUT2D eigenvalue weighted by atomic mass is 10.1. The highest BCUT2D eigenvalue weighted by Crippen LogP contribution is 2.20. The third-order valence-electron chi connectivity index (χ3n) is 3.66. The van der Waals surface area contributed by atoms with Crippen LogP contribution in [0.4, 0.5) is 5.82 Å². The molecule has 22 heavy (non-hydrogen) atoms. The van der Waals surface area contributed by atoms with Crippen molar-refractivity contribution in [3.63, 3.8) is 0 Å². The Morgan fingerprint density at radius 3 is 2.73 bits per heavy atom. The van der Waals surface area contributed by atoms with Crippen molar-refractivity contribution in [2.75, 3.05) is 11.5 Å². The third kappa shape index (κ3) is 3.08. The second kappa shape index (κ2) is 5.98. The molecular weight excluding hydrogens is 296 g/mol. The monoisotopic (exact) mass is 314 g/mol. The van der Waals surface area contributed by atoms with Gasteiger partial charge in [0.05, 0.1) is 11.0 Å². The molecular formula is C16H18N4OS. The molecule has 3 rings (SSSR count). The Labute approximate surface area is 132 Å². The molecule has 0 aliphatic heterocycles. The number of hydrogen-bond acceptors (Lipinski definition) is 4. The molecule has 1 unspecified atom stereocenters. The summed E-state index contributed by atoms with van der Waals surface area (Å²) in [6.07, 6.45) is 0.604. The van der Waals surface area contributed by atoms with Gasteiger partial charge in [0.15, 0.2) is 0 Å². The van der Waals surface area contributed by atoms with Crippen LogP contribution < -0.4 is 5.73 Å². The van der Waals surface area contributed by atoms with Gasteiger partial charge in [0.1, 0.15) is 11.6 Å². The SMILES string of the molecule is Cc1cc2nc([S+]([O-])CCc3cccc(N)n3)[nH]c2cc1C. The van der Waals surface area contributed by atoms with E-state index in [-0.39, 0.29) is 0 Å². The zero-order chi connectivity index (χ0) is 15.7. The quantitative estimate of drug-likeness (QED) is 0.724. The van der Waals surface area contributed by atoms with Crippen molar-refractivity contribution in [3.8, 4) is 0 Å². The van der Waals surface area contributed by atoms with Gasteiger partial charge in [-0.15, -0.1) is 0 Å². The van der Waals surface area contributed by atoms with E-state index in [1.807, 2.05) is 31.2 Å². The second-order valence-electron chi connectivity index (χ2n) is 5.35. The lowest BCUT2D eigenvalue weighted by Gasteiger charge is -2.06. The van der Waals surface area contributed by atoms with Crippen molar-refractivity contribution in [2.45, 2.75) is 25.4 Å². The van der Waals surface area contributed by atoms with Crippen LogP contribution >= 0.6 is 0 Å². The van der Waals surface area contributed by atoms with E-state index in [1.54, 1.807) is 6.07 Å². The molecule has 0 saturated carbocycles. The van der Waals surface area contributed by atoms with Crippen molar-refractivity contribution >= 4 is 28.0 Å². The predicted molar refractivity (Wildman–Crippen MR) is 89.2 cm³/mol. The van der Waals surface area contributed by atoms with E-state index in [1.165, 1.54) is 11.1 Å². The summed E-state index contributed by atoms with van der Waals surface area (Å²) < 4.78 is 12.4. The molecule has 3 N–H and O–H groups in total. The Hall–Kier alpha value is -2.05. The summed E-state index contributed by atoms with van der Waals surface area (Å²) in [5, 5.41) is 0.518. The van der Waals surface area contributed by atoms with Crippen molar-refractivity contribution in [1.82, 2.24) is 15.0 Å². The summed E-state index contributed by atoms with van der Waals surface area (Å²) >= 11 is -1.18. The van der Waals surface area contributed by atoms with Gasteiger partial charge in [0.25, 0.3) is 0 Å². The number of aromatic amines is 1. The number of aryl methyl sites for hydroxylation is 3. The first kappa shape index (κ1) is 14.9. The highest BCUT2D eigenvalue weighted by molar-refractivity contribution is 7.91. The minimum Gasteiger partial charge on any atom is -0.609 e. The maximum Gasteiger partial charge on any atom is 0.321 e. The normalized spacial score (nSPS) is 12.7. The summed E-state index contributed by atoms with van der Waals surface area (Å²) in [5.41, 5.74) is 10.6. The summed E-state index contributed by atoms with van der Waals surface area (Å²) in [6.45, 7) is 4.10. The molecule has 0 bridgehead atoms. The Morgan fingerprint density at radius 2 is 1.95 bits per heavy atom. The largest absolute Gasteiger partial charge is 0.609 e. The summed E-state index contributed by atoms with van der Waals surface area (Å²) in [7, 11) is 0. The number of rotatable bonds is 4. The van der Waals surface area contributed by atoms with E-state index < -0.39 is 11.2 Å². The molecule has 6 heteroatoms. The van der Waals surface area contributed by atoms with E-state index in [2.05, 4.69) is 21.9 Å². The van der Waals surface area contributed by atoms with E-state index in [0.29, 0.717) is 23.1 Å². The maximum absolute atomic E-state index is 12.4. The molecule has 0 spiro atoms. The van der Waals surface area contributed by atoms with Gasteiger partial charge in [-0.25, -0.2) is 4.98 Å². The van der Waals surface area contributed by atoms with Crippen LogP contribution in [0.15, 0.2) is 35.5 Å². The molecule has 0 aliphatic rings.